The maximum absolute atomic E-state index is 12.0. The second-order valence-electron chi connectivity index (χ2n) is 8.50. The van der Waals surface area contributed by atoms with E-state index in [1.54, 1.807) is 30.3 Å². The molecule has 0 unspecified atom stereocenters. The molecule has 0 aromatic heterocycles. The molecule has 0 atom stereocenters. The molecule has 0 saturated heterocycles. The molecule has 1 amide bonds. The van der Waals surface area contributed by atoms with E-state index in [0.717, 1.165) is 18.9 Å². The number of hydrogen-bond acceptors (Lipinski definition) is 4. The number of hydrogen-bond donors (Lipinski definition) is 1. The second kappa shape index (κ2) is 25.4. The fourth-order valence-electron chi connectivity index (χ4n) is 3.47. The van der Waals surface area contributed by atoms with Crippen molar-refractivity contribution in [1.82, 2.24) is 0 Å². The summed E-state index contributed by atoms with van der Waals surface area (Å²) in [6.45, 7) is 5.65. The summed E-state index contributed by atoms with van der Waals surface area (Å²) in [4.78, 5) is 9.71. The molecule has 5 nitrogen and oxygen atoms in total. The van der Waals surface area contributed by atoms with Crippen molar-refractivity contribution in [2.24, 2.45) is 5.73 Å². The summed E-state index contributed by atoms with van der Waals surface area (Å²) in [7, 11) is -3.58. The Morgan fingerprint density at radius 1 is 0.824 bits per heavy atom. The first-order chi connectivity index (χ1) is 15.9. The van der Waals surface area contributed by atoms with Crippen LogP contribution in [0, 0.1) is 0 Å². The summed E-state index contributed by atoms with van der Waals surface area (Å²) in [5, 5.41) is 0. The first-order valence-corrected chi connectivity index (χ1v) is 14.2. The maximum atomic E-state index is 12.0. The van der Waals surface area contributed by atoms with Gasteiger partial charge in [-0.3, -0.25) is 8.98 Å². The molecule has 34 heavy (non-hydrogen) atoms. The Hall–Kier alpha value is -0.660. The van der Waals surface area contributed by atoms with E-state index in [-0.39, 0.29) is 42.5 Å². The van der Waals surface area contributed by atoms with Crippen molar-refractivity contribution in [3.63, 3.8) is 0 Å². The molecule has 1 rings (SSSR count). The molecule has 2 N–H and O–H groups in total. The third-order valence-corrected chi connectivity index (χ3v) is 6.80. The van der Waals surface area contributed by atoms with Crippen LogP contribution in [0.1, 0.15) is 111 Å². The smallest absolute Gasteiger partial charge is 1.00 e. The Labute approximate surface area is 233 Å². The van der Waals surface area contributed by atoms with Gasteiger partial charge in [0.2, 0.25) is 5.91 Å². The summed E-state index contributed by atoms with van der Waals surface area (Å²) >= 11 is 0. The topological polar surface area (TPSA) is 86.5 Å². The summed E-state index contributed by atoms with van der Waals surface area (Å²) in [5.74, 6) is -0.481. The van der Waals surface area contributed by atoms with E-state index in [4.69, 9.17) is 4.18 Å². The standard InChI is InChI=1S/C24H42O3S.C3H5NO.Na.H/c1-2-3-4-5-6-7-8-9-10-11-12-13-14-15-16-20-23-27-28(25,26)24-21-18-17-19-22-24;1-2-3(4)5;;/h17-19,21-22H,2-16,20,23H2,1H3;2H,1H2,(H2,4,5);;/q;;+1;-1. The largest absolute Gasteiger partial charge is 1.00 e. The molecule has 0 aliphatic carbocycles. The van der Waals surface area contributed by atoms with Crippen LogP contribution in [0.4, 0.5) is 0 Å². The van der Waals surface area contributed by atoms with Crippen molar-refractivity contribution in [2.45, 2.75) is 115 Å². The maximum Gasteiger partial charge on any atom is 1.00 e. The van der Waals surface area contributed by atoms with Crippen molar-refractivity contribution in [2.75, 3.05) is 6.61 Å². The number of rotatable bonds is 20. The van der Waals surface area contributed by atoms with Gasteiger partial charge in [0, 0.05) is 0 Å². The van der Waals surface area contributed by atoms with Gasteiger partial charge in [0.1, 0.15) is 0 Å². The predicted octanol–water partition coefficient (Wildman–Crippen LogP) is 4.43. The molecule has 0 bridgehead atoms. The SMILES string of the molecule is C=CC(N)=O.CCCCCCCCCCCCCCCCCCOS(=O)(=O)c1ccccc1.[H-].[Na+]. The number of primary amides is 1. The molecule has 0 aliphatic heterocycles. The van der Waals surface area contributed by atoms with E-state index in [9.17, 15) is 13.2 Å². The van der Waals surface area contributed by atoms with Crippen molar-refractivity contribution < 1.29 is 48.4 Å². The Morgan fingerprint density at radius 3 is 1.53 bits per heavy atom. The monoisotopic (exact) mass is 505 g/mol. The number of carbonyl (C=O) groups excluding carboxylic acids is 1. The molecule has 7 heteroatoms. The molecule has 0 heterocycles. The normalized spacial score (nSPS) is 10.6. The van der Waals surface area contributed by atoms with Gasteiger partial charge in [-0.1, -0.05) is 128 Å². The van der Waals surface area contributed by atoms with Gasteiger partial charge in [0.25, 0.3) is 10.1 Å². The van der Waals surface area contributed by atoms with Crippen molar-refractivity contribution in [3.05, 3.63) is 43.0 Å². The number of nitrogens with two attached hydrogens (primary N) is 1. The molecule has 0 fully saturated rings. The van der Waals surface area contributed by atoms with E-state index in [1.807, 2.05) is 0 Å². The van der Waals surface area contributed by atoms with Crippen LogP contribution in [-0.2, 0) is 19.1 Å². The minimum absolute atomic E-state index is 0. The van der Waals surface area contributed by atoms with Crippen LogP contribution in [0.5, 0.6) is 0 Å². The third kappa shape index (κ3) is 23.1. The van der Waals surface area contributed by atoms with E-state index in [0.29, 0.717) is 0 Å². The molecule has 1 aromatic carbocycles. The van der Waals surface area contributed by atoms with E-state index in [2.05, 4.69) is 19.2 Å². The quantitative estimate of drug-likeness (QED) is 0.123. The van der Waals surface area contributed by atoms with Crippen LogP contribution in [0.25, 0.3) is 0 Å². The zero-order chi connectivity index (χ0) is 24.6. The number of carbonyl (C=O) groups is 1. The first-order valence-electron chi connectivity index (χ1n) is 12.8. The van der Waals surface area contributed by atoms with Gasteiger partial charge in [-0.2, -0.15) is 8.42 Å². The minimum Gasteiger partial charge on any atom is -1.00 e. The molecule has 192 valence electrons. The van der Waals surface area contributed by atoms with E-state index in [1.165, 1.54) is 89.9 Å². The fourth-order valence-corrected chi connectivity index (χ4v) is 4.44. The van der Waals surface area contributed by atoms with Crippen LogP contribution < -0.4 is 35.3 Å². The first kappa shape index (κ1) is 35.5. The van der Waals surface area contributed by atoms with Gasteiger partial charge < -0.3 is 7.16 Å². The van der Waals surface area contributed by atoms with Crippen LogP contribution in [0.15, 0.2) is 47.9 Å². The van der Waals surface area contributed by atoms with Crippen molar-refractivity contribution in [1.29, 1.82) is 0 Å². The Bertz CT molecular complexity index is 702. The number of amides is 1. The van der Waals surface area contributed by atoms with Crippen LogP contribution in [0.3, 0.4) is 0 Å². The second-order valence-corrected chi connectivity index (χ2v) is 10.1. The van der Waals surface area contributed by atoms with E-state index < -0.39 is 16.0 Å². The predicted molar refractivity (Wildman–Crippen MR) is 140 cm³/mol. The minimum atomic E-state index is -3.58. The van der Waals surface area contributed by atoms with Gasteiger partial charge in [0.05, 0.1) is 11.5 Å². The van der Waals surface area contributed by atoms with Crippen molar-refractivity contribution >= 4 is 16.0 Å². The van der Waals surface area contributed by atoms with Crippen molar-refractivity contribution in [3.8, 4) is 0 Å². The summed E-state index contributed by atoms with van der Waals surface area (Å²) in [5.41, 5.74) is 4.53. The Morgan fingerprint density at radius 2 is 1.18 bits per heavy atom. The molecular weight excluding hydrogens is 457 g/mol. The van der Waals surface area contributed by atoms with Gasteiger partial charge in [-0.25, -0.2) is 0 Å². The molecule has 0 aliphatic rings. The molecule has 0 radical (unpaired) electrons. The van der Waals surface area contributed by atoms with Gasteiger partial charge in [-0.15, -0.1) is 0 Å². The Balaban J connectivity index is -0.00000132. The average molecular weight is 506 g/mol. The summed E-state index contributed by atoms with van der Waals surface area (Å²) in [6.07, 6.45) is 22.0. The molecule has 1 aromatic rings. The third-order valence-electron chi connectivity index (χ3n) is 5.47. The molecule has 0 spiro atoms. The number of benzene rings is 1. The summed E-state index contributed by atoms with van der Waals surface area (Å²) in [6, 6.07) is 8.37. The van der Waals surface area contributed by atoms with Crippen LogP contribution in [-0.4, -0.2) is 20.9 Å². The van der Waals surface area contributed by atoms with Crippen LogP contribution >= 0.6 is 0 Å². The van der Waals surface area contributed by atoms with Gasteiger partial charge in [-0.05, 0) is 24.6 Å². The molecule has 0 saturated carbocycles. The zero-order valence-electron chi connectivity index (χ0n) is 22.8. The van der Waals surface area contributed by atoms with Gasteiger partial charge >= 0.3 is 29.6 Å². The van der Waals surface area contributed by atoms with Crippen LogP contribution in [0.2, 0.25) is 0 Å². The summed E-state index contributed by atoms with van der Waals surface area (Å²) < 4.78 is 29.0. The molecular formula is C27H48NNaO4S. The van der Waals surface area contributed by atoms with E-state index >= 15 is 0 Å². The number of unbranched alkanes of at least 4 members (excludes halogenated alkanes) is 15. The fraction of sp³-hybridized carbons (Fsp3) is 0.667. The average Bonchev–Trinajstić information content (AvgIpc) is 2.82. The zero-order valence-corrected chi connectivity index (χ0v) is 24.6. The van der Waals surface area contributed by atoms with Gasteiger partial charge in [0.15, 0.2) is 0 Å². The Kier molecular flexibility index (Phi) is 26.6.